The molecule has 0 aliphatic rings. The van der Waals surface area contributed by atoms with E-state index in [1.807, 2.05) is 6.07 Å². The van der Waals surface area contributed by atoms with Crippen LogP contribution in [0, 0.1) is 11.3 Å². The van der Waals surface area contributed by atoms with Crippen LogP contribution in [0.15, 0.2) is 24.3 Å². The predicted octanol–water partition coefficient (Wildman–Crippen LogP) is 4.29. The van der Waals surface area contributed by atoms with Crippen molar-refractivity contribution >= 4 is 17.7 Å². The molecule has 0 fully saturated rings. The van der Waals surface area contributed by atoms with E-state index in [-0.39, 0.29) is 17.0 Å². The summed E-state index contributed by atoms with van der Waals surface area (Å²) in [6.45, 7) is 0. The van der Waals surface area contributed by atoms with E-state index in [2.05, 4.69) is 0 Å². The largest absolute Gasteiger partial charge is 0.416 e. The van der Waals surface area contributed by atoms with Crippen LogP contribution < -0.4 is 0 Å². The predicted molar refractivity (Wildman–Crippen MR) is 55.7 cm³/mol. The Bertz CT molecular complexity index is 444. The summed E-state index contributed by atoms with van der Waals surface area (Å²) in [6, 6.07) is 5.14. The number of hydrogen-bond donors (Lipinski definition) is 0. The van der Waals surface area contributed by atoms with Crippen molar-refractivity contribution in [1.82, 2.24) is 0 Å². The molecule has 1 aromatic rings. The van der Waals surface area contributed by atoms with Gasteiger partial charge in [-0.25, -0.2) is 0 Å². The third-order valence-corrected chi connectivity index (χ3v) is 2.06. The maximum absolute atomic E-state index is 12.5. The average molecular weight is 246 g/mol. The maximum Gasteiger partial charge on any atom is 0.416 e. The van der Waals surface area contributed by atoms with Crippen molar-refractivity contribution in [2.24, 2.45) is 0 Å². The zero-order chi connectivity index (χ0) is 12.2. The molecule has 0 unspecified atom stereocenters. The molecule has 0 aromatic heterocycles. The Hall–Kier alpha value is -1.47. The van der Waals surface area contributed by atoms with E-state index in [1.54, 1.807) is 0 Å². The summed E-state index contributed by atoms with van der Waals surface area (Å²) in [6.07, 6.45) is -1.75. The Balaban J connectivity index is 3.15. The van der Waals surface area contributed by atoms with Crippen LogP contribution in [0.5, 0.6) is 0 Å². The molecule has 0 amide bonds. The molecule has 84 valence electrons. The molecule has 5 heteroatoms. The fraction of sp³-hybridized carbons (Fsp3) is 0.182. The van der Waals surface area contributed by atoms with Crippen molar-refractivity contribution in [2.75, 3.05) is 0 Å². The van der Waals surface area contributed by atoms with E-state index in [0.717, 1.165) is 6.07 Å². The highest BCUT2D eigenvalue weighted by atomic mass is 35.5. The molecular weight excluding hydrogens is 239 g/mol. The van der Waals surface area contributed by atoms with Gasteiger partial charge >= 0.3 is 6.18 Å². The van der Waals surface area contributed by atoms with Crippen LogP contribution in [0.2, 0.25) is 5.02 Å². The van der Waals surface area contributed by atoms with Gasteiger partial charge in [0.05, 0.1) is 18.1 Å². The standard InChI is InChI=1S/C11H7ClF3N/c12-9-4-5-10(11(13,14)15)8(7-9)3-1-2-6-16/h1,3-5,7H,2H2. The first kappa shape index (κ1) is 12.6. The Morgan fingerprint density at radius 1 is 1.38 bits per heavy atom. The number of halogens is 4. The Morgan fingerprint density at radius 2 is 2.06 bits per heavy atom. The van der Waals surface area contributed by atoms with Gasteiger partial charge in [0.15, 0.2) is 0 Å². The van der Waals surface area contributed by atoms with Crippen molar-refractivity contribution < 1.29 is 13.2 Å². The molecule has 16 heavy (non-hydrogen) atoms. The molecule has 0 heterocycles. The van der Waals surface area contributed by atoms with Crippen molar-refractivity contribution in [3.05, 3.63) is 40.4 Å². The number of nitriles is 1. The molecule has 0 radical (unpaired) electrons. The van der Waals surface area contributed by atoms with Crippen LogP contribution in [0.4, 0.5) is 13.2 Å². The summed E-state index contributed by atoms with van der Waals surface area (Å²) in [5, 5.41) is 8.50. The number of hydrogen-bond acceptors (Lipinski definition) is 1. The molecule has 0 aliphatic carbocycles. The van der Waals surface area contributed by atoms with Crippen molar-refractivity contribution in [1.29, 1.82) is 5.26 Å². The first-order chi connectivity index (χ1) is 7.45. The number of allylic oxidation sites excluding steroid dienone is 1. The average Bonchev–Trinajstić information content (AvgIpc) is 2.16. The topological polar surface area (TPSA) is 23.8 Å². The smallest absolute Gasteiger partial charge is 0.198 e. The lowest BCUT2D eigenvalue weighted by Gasteiger charge is -2.10. The molecule has 1 rings (SSSR count). The summed E-state index contributed by atoms with van der Waals surface area (Å²) in [4.78, 5) is 0. The first-order valence-corrected chi connectivity index (χ1v) is 4.73. The summed E-state index contributed by atoms with van der Waals surface area (Å²) < 4.78 is 37.6. The van der Waals surface area contributed by atoms with Crippen LogP contribution in [0.3, 0.4) is 0 Å². The minimum Gasteiger partial charge on any atom is -0.198 e. The van der Waals surface area contributed by atoms with Gasteiger partial charge in [-0.2, -0.15) is 18.4 Å². The van der Waals surface area contributed by atoms with E-state index in [4.69, 9.17) is 16.9 Å². The van der Waals surface area contributed by atoms with Crippen molar-refractivity contribution in [3.63, 3.8) is 0 Å². The number of alkyl halides is 3. The van der Waals surface area contributed by atoms with Crippen LogP contribution >= 0.6 is 11.6 Å². The van der Waals surface area contributed by atoms with Crippen molar-refractivity contribution in [3.8, 4) is 6.07 Å². The van der Waals surface area contributed by atoms with Gasteiger partial charge in [-0.1, -0.05) is 23.8 Å². The molecule has 0 bridgehead atoms. The van der Waals surface area contributed by atoms with Gasteiger partial charge in [0.1, 0.15) is 0 Å². The third-order valence-electron chi connectivity index (χ3n) is 1.83. The van der Waals surface area contributed by atoms with E-state index >= 15 is 0 Å². The third kappa shape index (κ3) is 3.28. The molecule has 0 spiro atoms. The normalized spacial score (nSPS) is 11.7. The minimum atomic E-state index is -4.42. The van der Waals surface area contributed by atoms with Gasteiger partial charge in [-0.05, 0) is 23.8 Å². The Kier molecular flexibility index (Phi) is 3.97. The molecule has 1 nitrogen and oxygen atoms in total. The lowest BCUT2D eigenvalue weighted by atomic mass is 10.1. The van der Waals surface area contributed by atoms with Crippen molar-refractivity contribution in [2.45, 2.75) is 12.6 Å². The van der Waals surface area contributed by atoms with Crippen LogP contribution in [0.1, 0.15) is 17.5 Å². The Morgan fingerprint density at radius 3 is 2.62 bits per heavy atom. The highest BCUT2D eigenvalue weighted by Gasteiger charge is 2.32. The van der Waals surface area contributed by atoms with E-state index in [0.29, 0.717) is 0 Å². The fourth-order valence-corrected chi connectivity index (χ4v) is 1.35. The van der Waals surface area contributed by atoms with Gasteiger partial charge in [-0.3, -0.25) is 0 Å². The van der Waals surface area contributed by atoms with E-state index in [1.165, 1.54) is 24.3 Å². The quantitative estimate of drug-likeness (QED) is 0.763. The summed E-state index contributed by atoms with van der Waals surface area (Å²) in [7, 11) is 0. The number of rotatable bonds is 2. The van der Waals surface area contributed by atoms with E-state index in [9.17, 15) is 13.2 Å². The second-order valence-corrected chi connectivity index (χ2v) is 3.43. The van der Waals surface area contributed by atoms with Gasteiger partial charge in [0.2, 0.25) is 0 Å². The number of nitrogens with zero attached hydrogens (tertiary/aromatic N) is 1. The molecule has 0 atom stereocenters. The lowest BCUT2D eigenvalue weighted by Crippen LogP contribution is -2.07. The van der Waals surface area contributed by atoms with Crippen LogP contribution in [-0.2, 0) is 6.18 Å². The summed E-state index contributed by atoms with van der Waals surface area (Å²) in [5.41, 5.74) is -0.790. The SMILES string of the molecule is N#CCC=Cc1cc(Cl)ccc1C(F)(F)F. The second-order valence-electron chi connectivity index (χ2n) is 2.99. The zero-order valence-electron chi connectivity index (χ0n) is 8.05. The lowest BCUT2D eigenvalue weighted by molar-refractivity contribution is -0.137. The molecule has 0 aliphatic heterocycles. The monoisotopic (exact) mass is 245 g/mol. The molecule has 1 aromatic carbocycles. The second kappa shape index (κ2) is 5.04. The highest BCUT2D eigenvalue weighted by Crippen LogP contribution is 2.33. The Labute approximate surface area is 95.8 Å². The van der Waals surface area contributed by atoms with E-state index < -0.39 is 11.7 Å². The molecule has 0 saturated heterocycles. The van der Waals surface area contributed by atoms with Gasteiger partial charge < -0.3 is 0 Å². The van der Waals surface area contributed by atoms with Gasteiger partial charge in [0, 0.05) is 5.02 Å². The minimum absolute atomic E-state index is 0.0322. The fourth-order valence-electron chi connectivity index (χ4n) is 1.17. The summed E-state index contributed by atoms with van der Waals surface area (Å²) >= 11 is 5.61. The van der Waals surface area contributed by atoms with Gasteiger partial charge in [-0.15, -0.1) is 0 Å². The maximum atomic E-state index is 12.5. The first-order valence-electron chi connectivity index (χ1n) is 4.35. The van der Waals surface area contributed by atoms with Gasteiger partial charge in [0.25, 0.3) is 0 Å². The molecule has 0 saturated carbocycles. The highest BCUT2D eigenvalue weighted by molar-refractivity contribution is 6.30. The molecule has 0 N–H and O–H groups in total. The summed E-state index contributed by atoms with van der Waals surface area (Å²) in [5.74, 6) is 0. The molecular formula is C11H7ClF3N. The van der Waals surface area contributed by atoms with Crippen LogP contribution in [-0.4, -0.2) is 0 Å². The zero-order valence-corrected chi connectivity index (χ0v) is 8.81. The number of benzene rings is 1. The van der Waals surface area contributed by atoms with Crippen LogP contribution in [0.25, 0.3) is 6.08 Å².